The summed E-state index contributed by atoms with van der Waals surface area (Å²) in [7, 11) is -4.05. The normalized spacial score (nSPS) is 19.8. The topological polar surface area (TPSA) is 86.8 Å². The number of amides is 2. The number of hydrogen-bond donors (Lipinski definition) is 1. The van der Waals surface area contributed by atoms with E-state index >= 15 is 0 Å². The molecule has 206 valence electrons. The van der Waals surface area contributed by atoms with Crippen molar-refractivity contribution >= 4 is 21.8 Å². The number of nitrogens with one attached hydrogen (secondary N) is 1. The number of rotatable bonds is 6. The monoisotopic (exact) mass is 551 g/mol. The Labute approximate surface area is 221 Å². The lowest BCUT2D eigenvalue weighted by Crippen LogP contribution is -2.61. The molecule has 1 saturated carbocycles. The van der Waals surface area contributed by atoms with Gasteiger partial charge in [-0.25, -0.2) is 8.42 Å². The van der Waals surface area contributed by atoms with Crippen LogP contribution in [-0.2, 0) is 32.3 Å². The number of benzene rings is 2. The Balaban J connectivity index is 1.50. The Morgan fingerprint density at radius 3 is 2.16 bits per heavy atom. The molecule has 1 atom stereocenters. The van der Waals surface area contributed by atoms with Crippen molar-refractivity contribution in [3.8, 4) is 0 Å². The molecule has 0 bridgehead atoms. The molecule has 11 heteroatoms. The van der Waals surface area contributed by atoms with Gasteiger partial charge >= 0.3 is 6.18 Å². The van der Waals surface area contributed by atoms with Gasteiger partial charge in [-0.05, 0) is 54.2 Å². The van der Waals surface area contributed by atoms with Crippen LogP contribution in [0, 0.1) is 0 Å². The van der Waals surface area contributed by atoms with Gasteiger partial charge in [0.1, 0.15) is 6.04 Å². The van der Waals surface area contributed by atoms with E-state index < -0.39 is 33.7 Å². The summed E-state index contributed by atoms with van der Waals surface area (Å²) >= 11 is 0. The Morgan fingerprint density at radius 1 is 0.947 bits per heavy atom. The van der Waals surface area contributed by atoms with E-state index in [1.165, 1.54) is 30.4 Å². The zero-order valence-corrected chi connectivity index (χ0v) is 22.0. The van der Waals surface area contributed by atoms with E-state index in [9.17, 15) is 31.2 Å². The molecule has 2 aromatic carbocycles. The molecule has 2 fully saturated rings. The van der Waals surface area contributed by atoms with Crippen LogP contribution in [0.25, 0.3) is 0 Å². The minimum atomic E-state index is -4.47. The molecule has 1 aliphatic heterocycles. The van der Waals surface area contributed by atoms with Gasteiger partial charge in [-0.3, -0.25) is 9.59 Å². The van der Waals surface area contributed by atoms with Crippen LogP contribution in [0.5, 0.6) is 0 Å². The first-order valence-electron chi connectivity index (χ1n) is 12.8. The molecule has 4 rings (SSSR count). The molecule has 2 amide bonds. The summed E-state index contributed by atoms with van der Waals surface area (Å²) in [5.41, 5.74) is 0.734. The van der Waals surface area contributed by atoms with Gasteiger partial charge in [-0.1, -0.05) is 43.5 Å². The van der Waals surface area contributed by atoms with Gasteiger partial charge in [0, 0.05) is 33.1 Å². The lowest BCUT2D eigenvalue weighted by Gasteiger charge is -2.39. The molecule has 1 aliphatic carbocycles. The second-order valence-corrected chi connectivity index (χ2v) is 11.8. The number of halogens is 3. The molecule has 38 heavy (non-hydrogen) atoms. The molecule has 1 saturated heterocycles. The number of hydrogen-bond acceptors (Lipinski definition) is 4. The van der Waals surface area contributed by atoms with Crippen LogP contribution in [-0.4, -0.2) is 55.1 Å². The number of alkyl halides is 3. The van der Waals surface area contributed by atoms with E-state index in [0.29, 0.717) is 11.5 Å². The van der Waals surface area contributed by atoms with E-state index in [-0.39, 0.29) is 37.0 Å². The molecule has 0 radical (unpaired) electrons. The lowest BCUT2D eigenvalue weighted by molar-refractivity contribution is -0.138. The van der Waals surface area contributed by atoms with Crippen LogP contribution in [0.15, 0.2) is 53.4 Å². The second kappa shape index (κ2) is 11.4. The summed E-state index contributed by atoms with van der Waals surface area (Å²) in [5.74, 6) is -0.485. The standard InChI is InChI=1S/C27H32F3N3O4S/c1-19(34)32-15-16-33(38(36,37)24-13-9-22(10-14-24)21-5-3-2-4-6-21)25(18-32)26(35)31-17-20-7-11-23(12-8-20)27(28,29)30/h7-14,21,25H,2-6,15-18H2,1H3,(H,31,35). The predicted octanol–water partition coefficient (Wildman–Crippen LogP) is 4.29. The number of nitrogens with zero attached hydrogens (tertiary/aromatic N) is 2. The summed E-state index contributed by atoms with van der Waals surface area (Å²) in [5, 5.41) is 2.63. The third kappa shape index (κ3) is 6.37. The number of carbonyl (C=O) groups is 2. The highest BCUT2D eigenvalue weighted by Gasteiger charge is 2.41. The van der Waals surface area contributed by atoms with Gasteiger partial charge in [0.15, 0.2) is 0 Å². The fourth-order valence-corrected chi connectivity index (χ4v) is 6.73. The fraction of sp³-hybridized carbons (Fsp3) is 0.481. The van der Waals surface area contributed by atoms with Crippen molar-refractivity contribution < 1.29 is 31.2 Å². The van der Waals surface area contributed by atoms with E-state index in [1.807, 2.05) is 12.1 Å². The van der Waals surface area contributed by atoms with E-state index in [0.717, 1.165) is 47.7 Å². The molecule has 1 unspecified atom stereocenters. The molecule has 0 aromatic heterocycles. The average molecular weight is 552 g/mol. The molecule has 2 aliphatic rings. The van der Waals surface area contributed by atoms with Crippen molar-refractivity contribution in [3.05, 3.63) is 65.2 Å². The molecular weight excluding hydrogens is 519 g/mol. The molecule has 2 aromatic rings. The summed E-state index contributed by atoms with van der Waals surface area (Å²) in [6, 6.07) is 10.0. The zero-order chi connectivity index (χ0) is 27.5. The van der Waals surface area contributed by atoms with Crippen LogP contribution in [0.1, 0.15) is 61.6 Å². The highest BCUT2D eigenvalue weighted by Crippen LogP contribution is 2.33. The first-order valence-corrected chi connectivity index (χ1v) is 14.2. The maximum atomic E-state index is 13.6. The third-order valence-corrected chi connectivity index (χ3v) is 9.31. The van der Waals surface area contributed by atoms with Crippen LogP contribution < -0.4 is 5.32 Å². The van der Waals surface area contributed by atoms with Gasteiger partial charge < -0.3 is 10.2 Å². The molecular formula is C27H32F3N3O4S. The number of sulfonamides is 1. The first-order chi connectivity index (χ1) is 18.0. The van der Waals surface area contributed by atoms with Crippen LogP contribution in [0.4, 0.5) is 13.2 Å². The van der Waals surface area contributed by atoms with Crippen molar-refractivity contribution in [3.63, 3.8) is 0 Å². The van der Waals surface area contributed by atoms with E-state index in [2.05, 4.69) is 5.32 Å². The zero-order valence-electron chi connectivity index (χ0n) is 21.2. The van der Waals surface area contributed by atoms with Crippen molar-refractivity contribution in [1.82, 2.24) is 14.5 Å². The first kappa shape index (κ1) is 28.1. The average Bonchev–Trinajstić information content (AvgIpc) is 2.91. The molecule has 7 nitrogen and oxygen atoms in total. The highest BCUT2D eigenvalue weighted by molar-refractivity contribution is 7.89. The molecule has 1 heterocycles. The van der Waals surface area contributed by atoms with Gasteiger partial charge in [-0.15, -0.1) is 0 Å². The van der Waals surface area contributed by atoms with Gasteiger partial charge in [0.05, 0.1) is 10.5 Å². The minimum Gasteiger partial charge on any atom is -0.351 e. The summed E-state index contributed by atoms with van der Waals surface area (Å²) in [6.07, 6.45) is 1.24. The quantitative estimate of drug-likeness (QED) is 0.581. The van der Waals surface area contributed by atoms with Crippen molar-refractivity contribution in [2.24, 2.45) is 0 Å². The van der Waals surface area contributed by atoms with E-state index in [1.54, 1.807) is 12.1 Å². The highest BCUT2D eigenvalue weighted by atomic mass is 32.2. The smallest absolute Gasteiger partial charge is 0.351 e. The van der Waals surface area contributed by atoms with Crippen LogP contribution >= 0.6 is 0 Å². The second-order valence-electron chi connectivity index (χ2n) is 9.91. The largest absolute Gasteiger partial charge is 0.416 e. The van der Waals surface area contributed by atoms with Gasteiger partial charge in [-0.2, -0.15) is 17.5 Å². The SMILES string of the molecule is CC(=O)N1CCN(S(=O)(=O)c2ccc(C3CCCCC3)cc2)C(C(=O)NCc2ccc(C(F)(F)F)cc2)C1. The Hall–Kier alpha value is -2.92. The predicted molar refractivity (Wildman–Crippen MR) is 135 cm³/mol. The Kier molecular flexibility index (Phi) is 8.46. The molecule has 0 spiro atoms. The van der Waals surface area contributed by atoms with Crippen molar-refractivity contribution in [1.29, 1.82) is 0 Å². The van der Waals surface area contributed by atoms with Gasteiger partial charge in [0.2, 0.25) is 21.8 Å². The fourth-order valence-electron chi connectivity index (χ4n) is 5.16. The Morgan fingerprint density at radius 2 is 1.58 bits per heavy atom. The Bertz CT molecular complexity index is 1240. The third-order valence-electron chi connectivity index (χ3n) is 7.39. The lowest BCUT2D eigenvalue weighted by atomic mass is 9.84. The number of carbonyl (C=O) groups excluding carboxylic acids is 2. The summed E-state index contributed by atoms with van der Waals surface area (Å²) in [6.45, 7) is 1.25. The summed E-state index contributed by atoms with van der Waals surface area (Å²) < 4.78 is 66.8. The van der Waals surface area contributed by atoms with Crippen LogP contribution in [0.2, 0.25) is 0 Å². The number of piperazine rings is 1. The van der Waals surface area contributed by atoms with Crippen LogP contribution in [0.3, 0.4) is 0 Å². The maximum Gasteiger partial charge on any atom is 0.416 e. The molecule has 1 N–H and O–H groups in total. The van der Waals surface area contributed by atoms with Gasteiger partial charge in [0.25, 0.3) is 0 Å². The summed E-state index contributed by atoms with van der Waals surface area (Å²) in [4.78, 5) is 26.7. The van der Waals surface area contributed by atoms with E-state index in [4.69, 9.17) is 0 Å². The maximum absolute atomic E-state index is 13.6. The minimum absolute atomic E-state index is 0.0509. The van der Waals surface area contributed by atoms with Crippen molar-refractivity contribution in [2.75, 3.05) is 19.6 Å². The van der Waals surface area contributed by atoms with Crippen molar-refractivity contribution in [2.45, 2.75) is 68.6 Å².